The molecule has 1 atom stereocenters. The minimum atomic E-state index is -1.06. The fraction of sp³-hybridized carbons (Fsp3) is 0.333. The third kappa shape index (κ3) is 4.61. The van der Waals surface area contributed by atoms with E-state index >= 15 is 0 Å². The molecule has 0 spiro atoms. The molecule has 1 aromatic rings. The number of aromatic carboxylic acids is 1. The lowest BCUT2D eigenvalue weighted by Gasteiger charge is -2.09. The third-order valence-corrected chi connectivity index (χ3v) is 2.98. The predicted molar refractivity (Wildman–Crippen MR) is 77.6 cm³/mol. The van der Waals surface area contributed by atoms with Crippen LogP contribution in [0.25, 0.3) is 0 Å². The first kappa shape index (κ1) is 14.9. The minimum Gasteiger partial charge on any atom is -0.478 e. The fourth-order valence-electron chi connectivity index (χ4n) is 1.37. The molecule has 0 aromatic heterocycles. The molecule has 4 N–H and O–H groups in total. The number of hydrogen-bond acceptors (Lipinski definition) is 3. The van der Waals surface area contributed by atoms with Crippen LogP contribution in [-0.4, -0.2) is 23.0 Å². The molecule has 0 fully saturated rings. The van der Waals surface area contributed by atoms with E-state index in [1.807, 2.05) is 29.5 Å². The number of nitrogens with two attached hydrogens (primary N) is 1. The van der Waals surface area contributed by atoms with E-state index in [4.69, 9.17) is 10.8 Å². The molecule has 18 heavy (non-hydrogen) atoms. The summed E-state index contributed by atoms with van der Waals surface area (Å²) in [4.78, 5) is 22.7. The number of halogens is 1. The Morgan fingerprint density at radius 1 is 1.50 bits per heavy atom. The van der Waals surface area contributed by atoms with Gasteiger partial charge in [0.15, 0.2) is 0 Å². The second-order valence-corrected chi connectivity index (χ2v) is 5.30. The molecule has 0 heterocycles. The number of amides is 1. The van der Waals surface area contributed by atoms with Crippen molar-refractivity contribution < 1.29 is 14.7 Å². The lowest BCUT2D eigenvalue weighted by Crippen LogP contribution is -2.20. The Bertz CT molecular complexity index is 461. The molecule has 1 aromatic carbocycles. The van der Waals surface area contributed by atoms with Gasteiger partial charge < -0.3 is 16.2 Å². The van der Waals surface area contributed by atoms with Gasteiger partial charge in [0.25, 0.3) is 0 Å². The number of carboxylic acid groups (broad SMARTS) is 1. The second kappa shape index (κ2) is 6.69. The van der Waals surface area contributed by atoms with Crippen LogP contribution in [0.5, 0.6) is 0 Å². The Kier molecular flexibility index (Phi) is 5.54. The van der Waals surface area contributed by atoms with Crippen molar-refractivity contribution in [3.8, 4) is 0 Å². The van der Waals surface area contributed by atoms with Crippen molar-refractivity contribution in [1.29, 1.82) is 0 Å². The van der Waals surface area contributed by atoms with Gasteiger partial charge in [0, 0.05) is 16.0 Å². The van der Waals surface area contributed by atoms with E-state index < -0.39 is 5.97 Å². The van der Waals surface area contributed by atoms with E-state index in [-0.39, 0.29) is 23.9 Å². The zero-order chi connectivity index (χ0) is 13.7. The topological polar surface area (TPSA) is 92.4 Å². The molecule has 0 radical (unpaired) electrons. The maximum atomic E-state index is 11.6. The van der Waals surface area contributed by atoms with Gasteiger partial charge in [-0.15, -0.1) is 0 Å². The zero-order valence-electron chi connectivity index (χ0n) is 9.94. The number of carboxylic acids is 1. The summed E-state index contributed by atoms with van der Waals surface area (Å²) in [5.74, 6) is -1.29. The van der Waals surface area contributed by atoms with E-state index in [9.17, 15) is 9.59 Å². The highest BCUT2D eigenvalue weighted by molar-refractivity contribution is 14.1. The Morgan fingerprint density at radius 3 is 2.72 bits per heavy atom. The molecule has 0 saturated heterocycles. The first-order valence-corrected chi connectivity index (χ1v) is 6.56. The first-order valence-electron chi connectivity index (χ1n) is 5.48. The summed E-state index contributed by atoms with van der Waals surface area (Å²) in [6.07, 6.45) is 0.849. The molecule has 1 rings (SSSR count). The lowest BCUT2D eigenvalue weighted by molar-refractivity contribution is -0.116. The van der Waals surface area contributed by atoms with Crippen molar-refractivity contribution >= 4 is 40.2 Å². The second-order valence-electron chi connectivity index (χ2n) is 4.06. The van der Waals surface area contributed by atoms with Crippen LogP contribution in [0.1, 0.15) is 30.1 Å². The maximum absolute atomic E-state index is 11.6. The largest absolute Gasteiger partial charge is 0.478 e. The van der Waals surface area contributed by atoms with Gasteiger partial charge in [-0.1, -0.05) is 0 Å². The Hall–Kier alpha value is -1.15. The van der Waals surface area contributed by atoms with Crippen molar-refractivity contribution in [3.63, 3.8) is 0 Å². The quantitative estimate of drug-likeness (QED) is 0.699. The molecule has 98 valence electrons. The summed E-state index contributed by atoms with van der Waals surface area (Å²) in [6, 6.07) is 4.80. The van der Waals surface area contributed by atoms with Crippen LogP contribution < -0.4 is 11.1 Å². The SMILES string of the molecule is CC(N)CCC(=O)Nc1ccc(I)cc1C(=O)O. The summed E-state index contributed by atoms with van der Waals surface area (Å²) in [5, 5.41) is 11.6. The lowest BCUT2D eigenvalue weighted by atomic mass is 10.1. The number of rotatable bonds is 5. The molecule has 0 saturated carbocycles. The average Bonchev–Trinajstić information content (AvgIpc) is 2.28. The Labute approximate surface area is 119 Å². The van der Waals surface area contributed by atoms with E-state index in [1.54, 1.807) is 12.1 Å². The summed E-state index contributed by atoms with van der Waals surface area (Å²) in [5.41, 5.74) is 5.97. The van der Waals surface area contributed by atoms with Crippen LogP contribution in [0.15, 0.2) is 18.2 Å². The molecule has 0 aliphatic rings. The molecular formula is C12H15IN2O3. The highest BCUT2D eigenvalue weighted by Crippen LogP contribution is 2.19. The van der Waals surface area contributed by atoms with E-state index in [0.717, 1.165) is 3.57 Å². The van der Waals surface area contributed by atoms with E-state index in [0.29, 0.717) is 12.1 Å². The van der Waals surface area contributed by atoms with Crippen LogP contribution in [0, 0.1) is 3.57 Å². The highest BCUT2D eigenvalue weighted by Gasteiger charge is 2.13. The molecule has 0 aliphatic carbocycles. The maximum Gasteiger partial charge on any atom is 0.337 e. The summed E-state index contributed by atoms with van der Waals surface area (Å²) < 4.78 is 0.804. The average molecular weight is 362 g/mol. The molecule has 6 heteroatoms. The number of carbonyl (C=O) groups is 2. The van der Waals surface area contributed by atoms with E-state index in [1.165, 1.54) is 6.07 Å². The van der Waals surface area contributed by atoms with Crippen LogP contribution in [0.2, 0.25) is 0 Å². The molecule has 5 nitrogen and oxygen atoms in total. The van der Waals surface area contributed by atoms with Gasteiger partial charge in [-0.05, 0) is 54.1 Å². The smallest absolute Gasteiger partial charge is 0.337 e. The van der Waals surface area contributed by atoms with Crippen molar-refractivity contribution in [2.24, 2.45) is 5.73 Å². The Balaban J connectivity index is 2.78. The number of hydrogen-bond donors (Lipinski definition) is 3. The van der Waals surface area contributed by atoms with Crippen molar-refractivity contribution in [1.82, 2.24) is 0 Å². The van der Waals surface area contributed by atoms with Crippen LogP contribution in [0.3, 0.4) is 0 Å². The molecule has 0 bridgehead atoms. The van der Waals surface area contributed by atoms with E-state index in [2.05, 4.69) is 5.32 Å². The standard InChI is InChI=1S/C12H15IN2O3/c1-7(14)2-5-11(16)15-10-4-3-8(13)6-9(10)12(17)18/h3-4,6-7H,2,5,14H2,1H3,(H,15,16)(H,17,18). The normalized spacial score (nSPS) is 11.9. The summed E-state index contributed by atoms with van der Waals surface area (Å²) in [6.45, 7) is 1.82. The van der Waals surface area contributed by atoms with Gasteiger partial charge in [0.05, 0.1) is 11.3 Å². The van der Waals surface area contributed by atoms with Gasteiger partial charge in [-0.2, -0.15) is 0 Å². The van der Waals surface area contributed by atoms with Gasteiger partial charge >= 0.3 is 5.97 Å². The Morgan fingerprint density at radius 2 is 2.17 bits per heavy atom. The summed E-state index contributed by atoms with van der Waals surface area (Å²) >= 11 is 2.02. The van der Waals surface area contributed by atoms with Crippen LogP contribution in [-0.2, 0) is 4.79 Å². The van der Waals surface area contributed by atoms with Crippen molar-refractivity contribution in [2.75, 3.05) is 5.32 Å². The van der Waals surface area contributed by atoms with Gasteiger partial charge in [-0.3, -0.25) is 4.79 Å². The monoisotopic (exact) mass is 362 g/mol. The number of benzene rings is 1. The first-order chi connectivity index (χ1) is 8.40. The molecule has 1 unspecified atom stereocenters. The third-order valence-electron chi connectivity index (χ3n) is 2.31. The van der Waals surface area contributed by atoms with Gasteiger partial charge in [0.1, 0.15) is 0 Å². The molecular weight excluding hydrogens is 347 g/mol. The highest BCUT2D eigenvalue weighted by atomic mass is 127. The fourth-order valence-corrected chi connectivity index (χ4v) is 1.87. The van der Waals surface area contributed by atoms with Gasteiger partial charge in [-0.25, -0.2) is 4.79 Å². The molecule has 1 amide bonds. The summed E-state index contributed by atoms with van der Waals surface area (Å²) in [7, 11) is 0. The van der Waals surface area contributed by atoms with Crippen molar-refractivity contribution in [3.05, 3.63) is 27.3 Å². The minimum absolute atomic E-state index is 0.0496. The van der Waals surface area contributed by atoms with Crippen molar-refractivity contribution in [2.45, 2.75) is 25.8 Å². The number of carbonyl (C=O) groups excluding carboxylic acids is 1. The zero-order valence-corrected chi connectivity index (χ0v) is 12.1. The van der Waals surface area contributed by atoms with Crippen LogP contribution >= 0.6 is 22.6 Å². The number of nitrogens with one attached hydrogen (secondary N) is 1. The predicted octanol–water partition coefficient (Wildman–Crippen LogP) is 2.06. The van der Waals surface area contributed by atoms with Crippen LogP contribution in [0.4, 0.5) is 5.69 Å². The van der Waals surface area contributed by atoms with Gasteiger partial charge in [0.2, 0.25) is 5.91 Å². The number of anilines is 1. The molecule has 0 aliphatic heterocycles.